The maximum Gasteiger partial charge on any atom is 0.308 e. The molecule has 1 heterocycles. The number of hydrogen-bond acceptors (Lipinski definition) is 2. The third-order valence-corrected chi connectivity index (χ3v) is 4.11. The molecule has 0 atom stereocenters. The first-order chi connectivity index (χ1) is 7.93. The molecule has 1 rings (SSSR count). The minimum atomic E-state index is -0.783. The molecule has 0 aliphatic rings. The molecule has 1 N–H and O–H groups in total. The second kappa shape index (κ2) is 5.82. The predicted octanol–water partition coefficient (Wildman–Crippen LogP) is 3.73. The van der Waals surface area contributed by atoms with E-state index in [1.807, 2.05) is 18.4 Å². The zero-order valence-electron chi connectivity index (χ0n) is 10.7. The molecule has 0 bridgehead atoms. The van der Waals surface area contributed by atoms with Gasteiger partial charge in [0.2, 0.25) is 0 Å². The number of aryl methyl sites for hydroxylation is 1. The van der Waals surface area contributed by atoms with Crippen LogP contribution >= 0.6 is 11.3 Å². The highest BCUT2D eigenvalue weighted by molar-refractivity contribution is 7.09. The Morgan fingerprint density at radius 2 is 1.82 bits per heavy atom. The van der Waals surface area contributed by atoms with Crippen molar-refractivity contribution in [2.45, 2.75) is 34.1 Å². The molecule has 0 amide bonds. The van der Waals surface area contributed by atoms with Gasteiger partial charge < -0.3 is 5.11 Å². The fourth-order valence-corrected chi connectivity index (χ4v) is 2.47. The van der Waals surface area contributed by atoms with Crippen molar-refractivity contribution < 1.29 is 9.90 Å². The van der Waals surface area contributed by atoms with E-state index in [2.05, 4.69) is 26.8 Å². The zero-order valence-corrected chi connectivity index (χ0v) is 11.5. The fourth-order valence-electron chi connectivity index (χ4n) is 1.62. The van der Waals surface area contributed by atoms with Crippen LogP contribution in [-0.2, 0) is 11.2 Å². The lowest BCUT2D eigenvalue weighted by Gasteiger charge is -2.05. The molecule has 0 spiro atoms. The Labute approximate surface area is 106 Å². The van der Waals surface area contributed by atoms with Crippen molar-refractivity contribution in [2.24, 2.45) is 0 Å². The lowest BCUT2D eigenvalue weighted by Crippen LogP contribution is -2.01. The third-order valence-electron chi connectivity index (χ3n) is 3.08. The van der Waals surface area contributed by atoms with Gasteiger partial charge in [0.15, 0.2) is 0 Å². The van der Waals surface area contributed by atoms with Crippen molar-refractivity contribution in [3.8, 4) is 0 Å². The lowest BCUT2D eigenvalue weighted by atomic mass is 10.0. The minimum absolute atomic E-state index is 0.0878. The first-order valence-corrected chi connectivity index (χ1v) is 6.41. The van der Waals surface area contributed by atoms with Gasteiger partial charge in [-0.3, -0.25) is 4.79 Å². The molecule has 0 radical (unpaired) electrons. The van der Waals surface area contributed by atoms with E-state index in [0.29, 0.717) is 0 Å². The number of carboxylic acids is 1. The molecular formula is C14H18O2S. The highest BCUT2D eigenvalue weighted by atomic mass is 32.1. The van der Waals surface area contributed by atoms with E-state index in [1.54, 1.807) is 0 Å². The Hall–Kier alpha value is -1.35. The zero-order chi connectivity index (χ0) is 13.0. The van der Waals surface area contributed by atoms with Gasteiger partial charge in [0, 0.05) is 4.88 Å². The Bertz CT molecular complexity index is 485. The molecular weight excluding hydrogens is 232 g/mol. The molecule has 17 heavy (non-hydrogen) atoms. The van der Waals surface area contributed by atoms with E-state index in [4.69, 9.17) is 5.11 Å². The van der Waals surface area contributed by atoms with Crippen molar-refractivity contribution in [2.75, 3.05) is 0 Å². The highest BCUT2D eigenvalue weighted by Crippen LogP contribution is 2.19. The van der Waals surface area contributed by atoms with E-state index in [9.17, 15) is 4.79 Å². The smallest absolute Gasteiger partial charge is 0.308 e. The van der Waals surface area contributed by atoms with Gasteiger partial charge in [-0.15, -0.1) is 11.3 Å². The van der Waals surface area contributed by atoms with Crippen molar-refractivity contribution in [1.29, 1.82) is 0 Å². The molecule has 1 aromatic heterocycles. The number of aliphatic carboxylic acids is 1. The molecule has 0 fully saturated rings. The van der Waals surface area contributed by atoms with Crippen LogP contribution < -0.4 is 0 Å². The summed E-state index contributed by atoms with van der Waals surface area (Å²) in [5.74, 6) is -0.783. The summed E-state index contributed by atoms with van der Waals surface area (Å²) in [6.45, 7) is 8.20. The van der Waals surface area contributed by atoms with Crippen molar-refractivity contribution in [1.82, 2.24) is 0 Å². The summed E-state index contributed by atoms with van der Waals surface area (Å²) in [7, 11) is 0. The number of hydrogen-bond donors (Lipinski definition) is 1. The lowest BCUT2D eigenvalue weighted by molar-refractivity contribution is -0.136. The second-order valence-corrected chi connectivity index (χ2v) is 5.17. The summed E-state index contributed by atoms with van der Waals surface area (Å²) in [5.41, 5.74) is 4.69. The van der Waals surface area contributed by atoms with Crippen molar-refractivity contribution >= 4 is 17.3 Å². The van der Waals surface area contributed by atoms with Crippen LogP contribution in [0.1, 0.15) is 27.1 Å². The average molecular weight is 250 g/mol. The summed E-state index contributed by atoms with van der Waals surface area (Å²) < 4.78 is 0. The Kier molecular flexibility index (Phi) is 4.70. The van der Waals surface area contributed by atoms with Crippen molar-refractivity contribution in [3.63, 3.8) is 0 Å². The normalized spacial score (nSPS) is 9.88. The first-order valence-electron chi connectivity index (χ1n) is 5.53. The highest BCUT2D eigenvalue weighted by Gasteiger charge is 2.06. The van der Waals surface area contributed by atoms with Crippen LogP contribution in [0.3, 0.4) is 0 Å². The topological polar surface area (TPSA) is 37.3 Å². The van der Waals surface area contributed by atoms with Crippen LogP contribution in [-0.4, -0.2) is 11.1 Å². The maximum absolute atomic E-state index is 10.8. The SMILES string of the molecule is Cc1cccsc(CC(=O)O)c(C)c(C)c1C. The molecule has 1 aromatic rings. The van der Waals surface area contributed by atoms with Crippen LogP contribution in [0.15, 0.2) is 17.5 Å². The summed E-state index contributed by atoms with van der Waals surface area (Å²) >= 11 is 1.49. The van der Waals surface area contributed by atoms with E-state index in [1.165, 1.54) is 28.0 Å². The van der Waals surface area contributed by atoms with Crippen LogP contribution in [0.5, 0.6) is 0 Å². The quantitative estimate of drug-likeness (QED) is 0.868. The Morgan fingerprint density at radius 1 is 1.18 bits per heavy atom. The van der Waals surface area contributed by atoms with Gasteiger partial charge >= 0.3 is 5.97 Å². The molecule has 0 aromatic carbocycles. The summed E-state index contributed by atoms with van der Waals surface area (Å²) in [4.78, 5) is 11.8. The number of rotatable bonds is 2. The summed E-state index contributed by atoms with van der Waals surface area (Å²) in [6, 6.07) is 4.03. The van der Waals surface area contributed by atoms with Crippen LogP contribution in [0.25, 0.3) is 0 Å². The number of carboxylic acid groups (broad SMARTS) is 1. The molecule has 0 saturated heterocycles. The van der Waals surface area contributed by atoms with Gasteiger partial charge in [-0.05, 0) is 55.3 Å². The Balaban J connectivity index is 3.56. The van der Waals surface area contributed by atoms with E-state index in [0.717, 1.165) is 10.4 Å². The van der Waals surface area contributed by atoms with E-state index >= 15 is 0 Å². The molecule has 2 nitrogen and oxygen atoms in total. The fraction of sp³-hybridized carbons (Fsp3) is 0.357. The van der Waals surface area contributed by atoms with Crippen molar-refractivity contribution in [3.05, 3.63) is 44.6 Å². The van der Waals surface area contributed by atoms with Gasteiger partial charge in [-0.2, -0.15) is 0 Å². The van der Waals surface area contributed by atoms with Crippen LogP contribution in [0, 0.1) is 27.7 Å². The molecule has 0 aliphatic carbocycles. The van der Waals surface area contributed by atoms with Crippen LogP contribution in [0.4, 0.5) is 0 Å². The van der Waals surface area contributed by atoms with Gasteiger partial charge in [0.05, 0.1) is 6.42 Å². The van der Waals surface area contributed by atoms with Gasteiger partial charge in [0.1, 0.15) is 0 Å². The molecule has 3 heteroatoms. The molecule has 92 valence electrons. The first kappa shape index (κ1) is 13.7. The number of carbonyl (C=O) groups is 1. The summed E-state index contributed by atoms with van der Waals surface area (Å²) in [5, 5.41) is 10.9. The van der Waals surface area contributed by atoms with Gasteiger partial charge in [0.25, 0.3) is 0 Å². The largest absolute Gasteiger partial charge is 0.481 e. The summed E-state index contributed by atoms with van der Waals surface area (Å²) in [6.07, 6.45) is 0.0878. The van der Waals surface area contributed by atoms with Gasteiger partial charge in [-0.25, -0.2) is 0 Å². The maximum atomic E-state index is 10.8. The monoisotopic (exact) mass is 250 g/mol. The standard InChI is InChI=1S/C14H18O2S/c1-9-6-5-7-17-13(8-14(15)16)12(4)11(3)10(9)2/h5-7H,8H2,1-4H3,(H,15,16). The van der Waals surface area contributed by atoms with E-state index in [-0.39, 0.29) is 6.42 Å². The average Bonchev–Trinajstić information content (AvgIpc) is 2.31. The molecule has 0 unspecified atom stereocenters. The molecule has 0 aliphatic heterocycles. The minimum Gasteiger partial charge on any atom is -0.481 e. The van der Waals surface area contributed by atoms with Gasteiger partial charge in [-0.1, -0.05) is 12.1 Å². The van der Waals surface area contributed by atoms with Crippen LogP contribution in [0.2, 0.25) is 0 Å². The third kappa shape index (κ3) is 3.56. The Morgan fingerprint density at radius 3 is 2.41 bits per heavy atom. The molecule has 0 saturated carbocycles. The predicted molar refractivity (Wildman–Crippen MR) is 72.2 cm³/mol. The second-order valence-electron chi connectivity index (χ2n) is 4.16. The van der Waals surface area contributed by atoms with E-state index < -0.39 is 5.97 Å².